The molecule has 0 aliphatic heterocycles. The van der Waals surface area contributed by atoms with Gasteiger partial charge < -0.3 is 4.74 Å². The Bertz CT molecular complexity index is 185. The Hall–Kier alpha value is -0.790. The second-order valence-corrected chi connectivity index (χ2v) is 4.13. The molecule has 16 heavy (non-hydrogen) atoms. The summed E-state index contributed by atoms with van der Waals surface area (Å²) >= 11 is 0. The SMILES string of the molecule is CC/C=C\CCCCCCCCOC(C)=O. The average molecular weight is 226 g/mol. The number of esters is 1. The van der Waals surface area contributed by atoms with Crippen molar-refractivity contribution in [3.8, 4) is 0 Å². The number of hydrogen-bond donors (Lipinski definition) is 0. The molecule has 2 nitrogen and oxygen atoms in total. The summed E-state index contributed by atoms with van der Waals surface area (Å²) in [7, 11) is 0. The van der Waals surface area contributed by atoms with Crippen molar-refractivity contribution in [2.75, 3.05) is 6.61 Å². The molecule has 0 bridgehead atoms. The Morgan fingerprint density at radius 1 is 1.00 bits per heavy atom. The monoisotopic (exact) mass is 226 g/mol. The predicted octanol–water partition coefficient (Wildman–Crippen LogP) is 4.25. The van der Waals surface area contributed by atoms with Gasteiger partial charge in [0.25, 0.3) is 0 Å². The van der Waals surface area contributed by atoms with Gasteiger partial charge in [-0.15, -0.1) is 0 Å². The minimum atomic E-state index is -0.164. The van der Waals surface area contributed by atoms with E-state index in [1.54, 1.807) is 0 Å². The van der Waals surface area contributed by atoms with E-state index >= 15 is 0 Å². The fourth-order valence-electron chi connectivity index (χ4n) is 1.57. The molecule has 0 aromatic carbocycles. The Kier molecular flexibility index (Phi) is 11.7. The second-order valence-electron chi connectivity index (χ2n) is 4.13. The molecule has 0 aromatic rings. The second kappa shape index (κ2) is 12.3. The molecule has 0 radical (unpaired) electrons. The summed E-state index contributed by atoms with van der Waals surface area (Å²) in [6, 6.07) is 0. The average Bonchev–Trinajstić information content (AvgIpc) is 2.25. The first-order valence-corrected chi connectivity index (χ1v) is 6.55. The highest BCUT2D eigenvalue weighted by molar-refractivity contribution is 5.65. The van der Waals surface area contributed by atoms with Crippen LogP contribution in [0.5, 0.6) is 0 Å². The number of carbonyl (C=O) groups excluding carboxylic acids is 1. The molecule has 0 saturated carbocycles. The zero-order chi connectivity index (χ0) is 12.1. The van der Waals surface area contributed by atoms with E-state index in [1.165, 1.54) is 45.4 Å². The van der Waals surface area contributed by atoms with Crippen molar-refractivity contribution in [2.24, 2.45) is 0 Å². The van der Waals surface area contributed by atoms with Gasteiger partial charge in [-0.25, -0.2) is 0 Å². The summed E-state index contributed by atoms with van der Waals surface area (Å²) in [6.07, 6.45) is 14.3. The largest absolute Gasteiger partial charge is 0.466 e. The maximum absolute atomic E-state index is 10.5. The lowest BCUT2D eigenvalue weighted by Crippen LogP contribution is -1.99. The van der Waals surface area contributed by atoms with E-state index in [9.17, 15) is 4.79 Å². The van der Waals surface area contributed by atoms with Crippen molar-refractivity contribution in [1.29, 1.82) is 0 Å². The van der Waals surface area contributed by atoms with Crippen LogP contribution in [-0.2, 0) is 9.53 Å². The third kappa shape index (κ3) is 13.2. The molecule has 0 unspecified atom stereocenters. The van der Waals surface area contributed by atoms with Crippen LogP contribution in [0.25, 0.3) is 0 Å². The molecule has 0 atom stereocenters. The van der Waals surface area contributed by atoms with Gasteiger partial charge in [0, 0.05) is 6.92 Å². The van der Waals surface area contributed by atoms with Crippen molar-refractivity contribution in [3.05, 3.63) is 12.2 Å². The number of rotatable bonds is 10. The van der Waals surface area contributed by atoms with Gasteiger partial charge >= 0.3 is 5.97 Å². The van der Waals surface area contributed by atoms with E-state index in [4.69, 9.17) is 4.74 Å². The third-order valence-electron chi connectivity index (χ3n) is 2.47. The van der Waals surface area contributed by atoms with Crippen molar-refractivity contribution in [2.45, 2.75) is 65.2 Å². The first-order chi connectivity index (χ1) is 7.77. The molecule has 0 aliphatic rings. The van der Waals surface area contributed by atoms with Crippen LogP contribution in [0, 0.1) is 0 Å². The summed E-state index contributed by atoms with van der Waals surface area (Å²) < 4.78 is 4.87. The van der Waals surface area contributed by atoms with Crippen LogP contribution < -0.4 is 0 Å². The van der Waals surface area contributed by atoms with E-state index in [2.05, 4.69) is 19.1 Å². The lowest BCUT2D eigenvalue weighted by atomic mass is 10.1. The van der Waals surface area contributed by atoms with Crippen LogP contribution in [0.3, 0.4) is 0 Å². The molecule has 0 N–H and O–H groups in total. The Morgan fingerprint density at radius 2 is 1.62 bits per heavy atom. The standard InChI is InChI=1S/C14H26O2/c1-3-4-5-6-7-8-9-10-11-12-13-16-14(2)15/h4-5H,3,6-13H2,1-2H3/b5-4-. The fraction of sp³-hybridized carbons (Fsp3) is 0.786. The normalized spacial score (nSPS) is 10.9. The molecular weight excluding hydrogens is 200 g/mol. The molecule has 0 fully saturated rings. The van der Waals surface area contributed by atoms with Crippen molar-refractivity contribution >= 4 is 5.97 Å². The number of ether oxygens (including phenoxy) is 1. The topological polar surface area (TPSA) is 26.3 Å². The van der Waals surface area contributed by atoms with Crippen LogP contribution >= 0.6 is 0 Å². The zero-order valence-corrected chi connectivity index (χ0v) is 10.8. The van der Waals surface area contributed by atoms with Gasteiger partial charge in [0.1, 0.15) is 0 Å². The minimum Gasteiger partial charge on any atom is -0.466 e. The lowest BCUT2D eigenvalue weighted by molar-refractivity contribution is -0.141. The Labute approximate surface area is 100 Å². The van der Waals surface area contributed by atoms with Crippen LogP contribution in [-0.4, -0.2) is 12.6 Å². The first kappa shape index (κ1) is 15.2. The lowest BCUT2D eigenvalue weighted by Gasteiger charge is -2.01. The molecule has 94 valence electrons. The van der Waals surface area contributed by atoms with E-state index < -0.39 is 0 Å². The summed E-state index contributed by atoms with van der Waals surface area (Å²) in [4.78, 5) is 10.5. The summed E-state index contributed by atoms with van der Waals surface area (Å²) in [6.45, 7) is 4.22. The van der Waals surface area contributed by atoms with Crippen molar-refractivity contribution < 1.29 is 9.53 Å². The molecule has 0 rings (SSSR count). The maximum Gasteiger partial charge on any atom is 0.302 e. The van der Waals surface area contributed by atoms with Crippen molar-refractivity contribution in [1.82, 2.24) is 0 Å². The highest BCUT2D eigenvalue weighted by Crippen LogP contribution is 2.07. The van der Waals surface area contributed by atoms with Gasteiger partial charge in [-0.1, -0.05) is 44.8 Å². The van der Waals surface area contributed by atoms with Gasteiger partial charge in [-0.05, 0) is 25.7 Å². The van der Waals surface area contributed by atoms with Gasteiger partial charge in [0.2, 0.25) is 0 Å². The first-order valence-electron chi connectivity index (χ1n) is 6.55. The molecule has 0 aromatic heterocycles. The van der Waals surface area contributed by atoms with Gasteiger partial charge in [-0.2, -0.15) is 0 Å². The van der Waals surface area contributed by atoms with Crippen LogP contribution in [0.4, 0.5) is 0 Å². The number of hydrogen-bond acceptors (Lipinski definition) is 2. The molecule has 2 heteroatoms. The molecule has 0 saturated heterocycles. The highest BCUT2D eigenvalue weighted by atomic mass is 16.5. The quantitative estimate of drug-likeness (QED) is 0.316. The molecule has 0 amide bonds. The molecule has 0 heterocycles. The molecule has 0 spiro atoms. The van der Waals surface area contributed by atoms with Crippen LogP contribution in [0.15, 0.2) is 12.2 Å². The Morgan fingerprint density at radius 3 is 2.25 bits per heavy atom. The van der Waals surface area contributed by atoms with Crippen LogP contribution in [0.2, 0.25) is 0 Å². The fourth-order valence-corrected chi connectivity index (χ4v) is 1.57. The van der Waals surface area contributed by atoms with E-state index in [-0.39, 0.29) is 5.97 Å². The highest BCUT2D eigenvalue weighted by Gasteiger charge is 1.93. The zero-order valence-electron chi connectivity index (χ0n) is 10.8. The van der Waals surface area contributed by atoms with Crippen LogP contribution in [0.1, 0.15) is 65.2 Å². The Balaban J connectivity index is 2.98. The molecule has 0 aliphatic carbocycles. The summed E-state index contributed by atoms with van der Waals surface area (Å²) in [5.74, 6) is -0.164. The van der Waals surface area contributed by atoms with Gasteiger partial charge in [0.15, 0.2) is 0 Å². The number of carbonyl (C=O) groups is 1. The van der Waals surface area contributed by atoms with Crippen molar-refractivity contribution in [3.63, 3.8) is 0 Å². The third-order valence-corrected chi connectivity index (χ3v) is 2.47. The maximum atomic E-state index is 10.5. The van der Waals surface area contributed by atoms with Gasteiger partial charge in [-0.3, -0.25) is 4.79 Å². The predicted molar refractivity (Wildman–Crippen MR) is 68.4 cm³/mol. The number of allylic oxidation sites excluding steroid dienone is 2. The molecular formula is C14H26O2. The smallest absolute Gasteiger partial charge is 0.302 e. The number of unbranched alkanes of at least 4 members (excludes halogenated alkanes) is 6. The van der Waals surface area contributed by atoms with E-state index in [1.807, 2.05) is 0 Å². The van der Waals surface area contributed by atoms with E-state index in [0.717, 1.165) is 12.8 Å². The summed E-state index contributed by atoms with van der Waals surface area (Å²) in [5, 5.41) is 0. The summed E-state index contributed by atoms with van der Waals surface area (Å²) in [5.41, 5.74) is 0. The van der Waals surface area contributed by atoms with Gasteiger partial charge in [0.05, 0.1) is 6.61 Å². The minimum absolute atomic E-state index is 0.164. The van der Waals surface area contributed by atoms with E-state index in [0.29, 0.717) is 6.61 Å².